The lowest BCUT2D eigenvalue weighted by Gasteiger charge is -2.37. The first-order valence-corrected chi connectivity index (χ1v) is 15.6. The number of carbonyl (C=O) groups excluding carboxylic acids is 4. The fraction of sp³-hybridized carbons (Fsp3) is 0.559. The number of allylic oxidation sites excluding steroid dienone is 1. The zero-order valence-corrected chi connectivity index (χ0v) is 27.0. The number of aromatic nitrogens is 1. The molecule has 1 spiro atoms. The standard InChI is InChI=1S/C34H45N3O8/c1-7-8-9-10-11-16-26(36-32(41)45-33(3,4)5)30(39)37-21-34(19-28(37)31(40)42-6)18-17-24-23-14-12-13-15-25(23)35-27(29(24)44-34)20-43-22(2)38/h7,12-15,26,28H,1,8-11,16-21H2,2-6H3,(H,36,41)/t26-,28-,34+/m0/s1. The maximum atomic E-state index is 14.2. The Morgan fingerprint density at radius 3 is 2.64 bits per heavy atom. The lowest BCUT2D eigenvalue weighted by molar-refractivity contribution is -0.151. The summed E-state index contributed by atoms with van der Waals surface area (Å²) < 4.78 is 22.7. The molecule has 2 aromatic rings. The number of para-hydroxylation sites is 1. The molecule has 2 aliphatic rings. The SMILES string of the molecule is C=CCCCCC[C@H](NC(=O)OC(C)(C)C)C(=O)N1C[C@@]2(CCc3c(c(COC(C)=O)nc4ccccc34)O2)C[C@H]1C(=O)OC. The van der Waals surface area contributed by atoms with E-state index in [9.17, 15) is 19.2 Å². The van der Waals surface area contributed by atoms with Gasteiger partial charge in [0.1, 0.15) is 41.3 Å². The van der Waals surface area contributed by atoms with E-state index in [0.717, 1.165) is 35.7 Å². The molecular formula is C34H45N3O8. The number of pyridine rings is 1. The summed E-state index contributed by atoms with van der Waals surface area (Å²) in [7, 11) is 1.29. The van der Waals surface area contributed by atoms with Gasteiger partial charge in [-0.25, -0.2) is 14.6 Å². The zero-order chi connectivity index (χ0) is 32.8. The monoisotopic (exact) mass is 623 g/mol. The summed E-state index contributed by atoms with van der Waals surface area (Å²) in [5.74, 6) is -0.901. The van der Waals surface area contributed by atoms with Crippen LogP contribution in [-0.2, 0) is 41.6 Å². The smallest absolute Gasteiger partial charge is 0.408 e. The van der Waals surface area contributed by atoms with Crippen LogP contribution in [0.25, 0.3) is 10.9 Å². The van der Waals surface area contributed by atoms with E-state index in [0.29, 0.717) is 37.1 Å². The van der Waals surface area contributed by atoms with E-state index in [-0.39, 0.29) is 19.6 Å². The molecule has 1 aromatic carbocycles. The first-order valence-electron chi connectivity index (χ1n) is 15.6. The molecule has 244 valence electrons. The molecule has 0 saturated carbocycles. The molecule has 11 nitrogen and oxygen atoms in total. The maximum Gasteiger partial charge on any atom is 0.408 e. The minimum Gasteiger partial charge on any atom is -0.483 e. The number of aryl methyl sites for hydroxylation is 1. The number of likely N-dealkylation sites (tertiary alicyclic amines) is 1. The number of benzene rings is 1. The first-order chi connectivity index (χ1) is 21.4. The van der Waals surface area contributed by atoms with Crippen molar-refractivity contribution in [1.82, 2.24) is 15.2 Å². The van der Waals surface area contributed by atoms with Gasteiger partial charge in [0.05, 0.1) is 19.2 Å². The van der Waals surface area contributed by atoms with Crippen molar-refractivity contribution in [3.05, 3.63) is 48.2 Å². The fourth-order valence-electron chi connectivity index (χ4n) is 6.08. The van der Waals surface area contributed by atoms with Gasteiger partial charge in [-0.05, 0) is 58.9 Å². The number of nitrogens with zero attached hydrogens (tertiary/aromatic N) is 2. The van der Waals surface area contributed by atoms with E-state index in [1.807, 2.05) is 30.3 Å². The van der Waals surface area contributed by atoms with Crippen LogP contribution < -0.4 is 10.1 Å². The van der Waals surface area contributed by atoms with Crippen molar-refractivity contribution in [2.45, 2.75) is 109 Å². The van der Waals surface area contributed by atoms with Crippen LogP contribution in [0.1, 0.15) is 83.9 Å². The topological polar surface area (TPSA) is 133 Å². The number of ether oxygens (including phenoxy) is 4. The van der Waals surface area contributed by atoms with E-state index in [1.165, 1.54) is 18.9 Å². The second kappa shape index (κ2) is 14.3. The predicted octanol–water partition coefficient (Wildman–Crippen LogP) is 5.17. The molecule has 1 fully saturated rings. The van der Waals surface area contributed by atoms with Gasteiger partial charge in [-0.2, -0.15) is 0 Å². The van der Waals surface area contributed by atoms with E-state index in [2.05, 4.69) is 11.9 Å². The van der Waals surface area contributed by atoms with Crippen molar-refractivity contribution < 1.29 is 38.1 Å². The highest BCUT2D eigenvalue weighted by Crippen LogP contribution is 2.45. The second-order valence-electron chi connectivity index (χ2n) is 12.8. The van der Waals surface area contributed by atoms with Crippen LogP contribution in [0.2, 0.25) is 0 Å². The summed E-state index contributed by atoms with van der Waals surface area (Å²) in [6, 6.07) is 5.87. The Bertz CT molecular complexity index is 1430. The molecule has 1 saturated heterocycles. The third-order valence-electron chi connectivity index (χ3n) is 8.13. The average Bonchev–Trinajstić information content (AvgIpc) is 3.35. The molecular weight excluding hydrogens is 578 g/mol. The molecule has 1 N–H and O–H groups in total. The number of rotatable bonds is 11. The van der Waals surface area contributed by atoms with Gasteiger partial charge < -0.3 is 29.2 Å². The Morgan fingerprint density at radius 1 is 1.20 bits per heavy atom. The van der Waals surface area contributed by atoms with Crippen molar-refractivity contribution in [1.29, 1.82) is 0 Å². The van der Waals surface area contributed by atoms with E-state index in [4.69, 9.17) is 23.9 Å². The van der Waals surface area contributed by atoms with Gasteiger partial charge in [0.15, 0.2) is 0 Å². The van der Waals surface area contributed by atoms with Gasteiger partial charge in [0, 0.05) is 24.3 Å². The molecule has 2 amide bonds. The first kappa shape index (κ1) is 33.7. The summed E-state index contributed by atoms with van der Waals surface area (Å²) in [5.41, 5.74) is 0.506. The highest BCUT2D eigenvalue weighted by Gasteiger charge is 2.53. The normalized spacial score (nSPS) is 19.8. The number of carbonyl (C=O) groups is 4. The lowest BCUT2D eigenvalue weighted by Crippen LogP contribution is -2.53. The third kappa shape index (κ3) is 8.32. The predicted molar refractivity (Wildman–Crippen MR) is 167 cm³/mol. The Kier molecular flexibility index (Phi) is 10.7. The van der Waals surface area contributed by atoms with Gasteiger partial charge in [0.2, 0.25) is 5.91 Å². The molecule has 1 aromatic heterocycles. The number of amides is 2. The van der Waals surface area contributed by atoms with Crippen molar-refractivity contribution in [2.24, 2.45) is 0 Å². The summed E-state index contributed by atoms with van der Waals surface area (Å²) in [6.45, 7) is 10.4. The quantitative estimate of drug-likeness (QED) is 0.156. The molecule has 2 aliphatic heterocycles. The number of hydrogen-bond donors (Lipinski definition) is 1. The highest BCUT2D eigenvalue weighted by atomic mass is 16.6. The minimum atomic E-state index is -0.920. The van der Waals surface area contributed by atoms with Crippen LogP contribution in [0, 0.1) is 0 Å². The average molecular weight is 624 g/mol. The minimum absolute atomic E-state index is 0.0740. The molecule has 4 rings (SSSR count). The Hall–Kier alpha value is -4.15. The van der Waals surface area contributed by atoms with Crippen molar-refractivity contribution in [3.63, 3.8) is 0 Å². The number of esters is 2. The molecule has 45 heavy (non-hydrogen) atoms. The zero-order valence-electron chi connectivity index (χ0n) is 27.0. The highest BCUT2D eigenvalue weighted by molar-refractivity contribution is 5.91. The number of unbranched alkanes of at least 4 members (excludes halogenated alkanes) is 3. The number of methoxy groups -OCH3 is 1. The number of nitrogens with one attached hydrogen (secondary N) is 1. The van der Waals surface area contributed by atoms with Crippen LogP contribution in [-0.4, -0.2) is 70.8 Å². The summed E-state index contributed by atoms with van der Waals surface area (Å²) in [5, 5.41) is 3.69. The molecule has 0 aliphatic carbocycles. The van der Waals surface area contributed by atoms with Gasteiger partial charge in [-0.15, -0.1) is 6.58 Å². The van der Waals surface area contributed by atoms with Crippen molar-refractivity contribution in [3.8, 4) is 5.75 Å². The number of fused-ring (bicyclic) bond motifs is 3. The molecule has 3 heterocycles. The van der Waals surface area contributed by atoms with E-state index < -0.39 is 47.2 Å². The lowest BCUT2D eigenvalue weighted by atomic mass is 9.87. The van der Waals surface area contributed by atoms with E-state index in [1.54, 1.807) is 20.8 Å². The van der Waals surface area contributed by atoms with Crippen LogP contribution >= 0.6 is 0 Å². The summed E-state index contributed by atoms with van der Waals surface area (Å²) >= 11 is 0. The van der Waals surface area contributed by atoms with Gasteiger partial charge >= 0.3 is 18.0 Å². The Balaban J connectivity index is 1.64. The Labute approximate surface area is 264 Å². The van der Waals surface area contributed by atoms with Crippen LogP contribution in [0.15, 0.2) is 36.9 Å². The maximum absolute atomic E-state index is 14.2. The van der Waals surface area contributed by atoms with E-state index >= 15 is 0 Å². The van der Waals surface area contributed by atoms with Crippen molar-refractivity contribution >= 4 is 34.8 Å². The van der Waals surface area contributed by atoms with Gasteiger partial charge in [-0.1, -0.05) is 37.1 Å². The van der Waals surface area contributed by atoms with Crippen LogP contribution in [0.5, 0.6) is 5.75 Å². The number of alkyl carbamates (subject to hydrolysis) is 1. The van der Waals surface area contributed by atoms with Crippen molar-refractivity contribution in [2.75, 3.05) is 13.7 Å². The largest absolute Gasteiger partial charge is 0.483 e. The molecule has 0 unspecified atom stereocenters. The van der Waals surface area contributed by atoms with Gasteiger partial charge in [0.25, 0.3) is 0 Å². The van der Waals surface area contributed by atoms with Crippen LogP contribution in [0.4, 0.5) is 4.79 Å². The Morgan fingerprint density at radius 2 is 1.96 bits per heavy atom. The summed E-state index contributed by atoms with van der Waals surface area (Å²) in [4.78, 5) is 58.0. The molecule has 0 radical (unpaired) electrons. The molecule has 0 bridgehead atoms. The summed E-state index contributed by atoms with van der Waals surface area (Å²) in [6.07, 6.45) is 6.17. The van der Waals surface area contributed by atoms with Gasteiger partial charge in [-0.3, -0.25) is 9.59 Å². The molecule has 3 atom stereocenters. The number of hydrogen-bond acceptors (Lipinski definition) is 9. The fourth-order valence-corrected chi connectivity index (χ4v) is 6.08. The second-order valence-corrected chi connectivity index (χ2v) is 12.8. The van der Waals surface area contributed by atoms with Crippen LogP contribution in [0.3, 0.4) is 0 Å². The third-order valence-corrected chi connectivity index (χ3v) is 8.13. The molecule has 11 heteroatoms.